The second-order valence-corrected chi connectivity index (χ2v) is 4.05. The van der Waals surface area contributed by atoms with Gasteiger partial charge in [-0.25, -0.2) is 4.79 Å². The van der Waals surface area contributed by atoms with Crippen molar-refractivity contribution in [3.8, 4) is 0 Å². The number of nitrogens with one attached hydrogen (secondary N) is 1. The lowest BCUT2D eigenvalue weighted by Crippen LogP contribution is -2.49. The van der Waals surface area contributed by atoms with Gasteiger partial charge in [-0.2, -0.15) is 0 Å². The van der Waals surface area contributed by atoms with Crippen molar-refractivity contribution in [3.05, 3.63) is 0 Å². The lowest BCUT2D eigenvalue weighted by atomic mass is 10.1. The molecule has 5 heteroatoms. The number of carboxylic acids is 1. The smallest absolute Gasteiger partial charge is 0.328 e. The van der Waals surface area contributed by atoms with Gasteiger partial charge in [-0.15, -0.1) is 0 Å². The molecule has 1 aliphatic carbocycles. The van der Waals surface area contributed by atoms with Crippen LogP contribution in [-0.2, 0) is 9.59 Å². The number of hydrogen-bond donors (Lipinski definition) is 3. The molecule has 0 heterocycles. The van der Waals surface area contributed by atoms with Crippen LogP contribution in [0, 0.1) is 5.92 Å². The first-order valence-corrected chi connectivity index (χ1v) is 5.23. The number of hydrogen-bond acceptors (Lipinski definition) is 3. The Kier molecular flexibility index (Phi) is 4.08. The lowest BCUT2D eigenvalue weighted by molar-refractivity contribution is -0.145. The van der Waals surface area contributed by atoms with Crippen LogP contribution in [-0.4, -0.2) is 34.2 Å². The molecule has 15 heavy (non-hydrogen) atoms. The van der Waals surface area contributed by atoms with E-state index in [-0.39, 0.29) is 11.8 Å². The monoisotopic (exact) mass is 215 g/mol. The van der Waals surface area contributed by atoms with Gasteiger partial charge in [-0.05, 0) is 19.8 Å². The van der Waals surface area contributed by atoms with E-state index in [1.165, 1.54) is 6.92 Å². The Morgan fingerprint density at radius 1 is 1.33 bits per heavy atom. The minimum Gasteiger partial charge on any atom is -0.480 e. The van der Waals surface area contributed by atoms with Gasteiger partial charge in [0.15, 0.2) is 6.04 Å². The predicted octanol–water partition coefficient (Wildman–Crippen LogP) is 0.127. The van der Waals surface area contributed by atoms with E-state index in [4.69, 9.17) is 5.11 Å². The molecule has 0 aromatic heterocycles. The Morgan fingerprint density at radius 2 is 1.87 bits per heavy atom. The average Bonchev–Trinajstić information content (AvgIpc) is 2.65. The van der Waals surface area contributed by atoms with Crippen LogP contribution in [0.15, 0.2) is 0 Å². The fraction of sp³-hybridized carbons (Fsp3) is 0.800. The first-order chi connectivity index (χ1) is 7.02. The second-order valence-electron chi connectivity index (χ2n) is 4.05. The normalized spacial score (nSPS) is 20.9. The van der Waals surface area contributed by atoms with E-state index in [0.29, 0.717) is 0 Å². The highest BCUT2D eigenvalue weighted by atomic mass is 16.4. The summed E-state index contributed by atoms with van der Waals surface area (Å²) < 4.78 is 0. The minimum atomic E-state index is -1.20. The molecular formula is C10H17NO4. The fourth-order valence-corrected chi connectivity index (χ4v) is 1.85. The Labute approximate surface area is 88.5 Å². The third kappa shape index (κ3) is 3.20. The summed E-state index contributed by atoms with van der Waals surface area (Å²) in [6.45, 7) is 1.35. The van der Waals surface area contributed by atoms with Crippen LogP contribution in [0.25, 0.3) is 0 Å². The zero-order valence-electron chi connectivity index (χ0n) is 8.77. The summed E-state index contributed by atoms with van der Waals surface area (Å²) in [6, 6.07) is -1.20. The van der Waals surface area contributed by atoms with Crippen LogP contribution >= 0.6 is 0 Å². The van der Waals surface area contributed by atoms with Crippen LogP contribution in [0.5, 0.6) is 0 Å². The van der Waals surface area contributed by atoms with E-state index in [1.807, 2.05) is 0 Å². The van der Waals surface area contributed by atoms with Crippen LogP contribution in [0.1, 0.15) is 32.6 Å². The standard InChI is InChI=1S/C10H17NO4/c1-6(12)8(10(14)15)11-9(13)7-4-2-3-5-7/h6-8,12H,2-5H2,1H3,(H,11,13)(H,14,15)/t6-,8-/m0/s1. The van der Waals surface area contributed by atoms with Crippen molar-refractivity contribution in [2.45, 2.75) is 44.8 Å². The van der Waals surface area contributed by atoms with Gasteiger partial charge in [0.2, 0.25) is 5.91 Å². The van der Waals surface area contributed by atoms with E-state index in [0.717, 1.165) is 25.7 Å². The molecule has 1 fully saturated rings. The maximum atomic E-state index is 11.6. The minimum absolute atomic E-state index is 0.0781. The number of carboxylic acid groups (broad SMARTS) is 1. The number of aliphatic carboxylic acids is 1. The summed E-state index contributed by atoms with van der Waals surface area (Å²) in [5.74, 6) is -1.53. The molecule has 1 saturated carbocycles. The second kappa shape index (κ2) is 5.11. The zero-order chi connectivity index (χ0) is 11.4. The third-order valence-electron chi connectivity index (χ3n) is 2.77. The fourth-order valence-electron chi connectivity index (χ4n) is 1.85. The molecule has 0 aromatic carbocycles. The molecular weight excluding hydrogens is 198 g/mol. The van der Waals surface area contributed by atoms with Crippen molar-refractivity contribution in [3.63, 3.8) is 0 Å². The van der Waals surface area contributed by atoms with Gasteiger partial charge < -0.3 is 15.5 Å². The summed E-state index contributed by atoms with van der Waals surface area (Å²) in [6.07, 6.45) is 2.60. The van der Waals surface area contributed by atoms with Crippen LogP contribution < -0.4 is 5.32 Å². The quantitative estimate of drug-likeness (QED) is 0.622. The maximum Gasteiger partial charge on any atom is 0.328 e. The Hall–Kier alpha value is -1.10. The van der Waals surface area contributed by atoms with Crippen molar-refractivity contribution >= 4 is 11.9 Å². The number of amides is 1. The number of aliphatic hydroxyl groups is 1. The van der Waals surface area contributed by atoms with Crippen molar-refractivity contribution in [2.75, 3.05) is 0 Å². The summed E-state index contributed by atoms with van der Waals surface area (Å²) in [5.41, 5.74) is 0. The number of rotatable bonds is 4. The predicted molar refractivity (Wildman–Crippen MR) is 53.2 cm³/mol. The largest absolute Gasteiger partial charge is 0.480 e. The highest BCUT2D eigenvalue weighted by Crippen LogP contribution is 2.24. The van der Waals surface area contributed by atoms with Gasteiger partial charge in [-0.3, -0.25) is 4.79 Å². The van der Waals surface area contributed by atoms with Gasteiger partial charge in [0, 0.05) is 5.92 Å². The first-order valence-electron chi connectivity index (χ1n) is 5.23. The highest BCUT2D eigenvalue weighted by Gasteiger charge is 2.29. The average molecular weight is 215 g/mol. The molecule has 0 spiro atoms. The molecule has 86 valence electrons. The van der Waals surface area contributed by atoms with E-state index in [2.05, 4.69) is 5.32 Å². The molecule has 0 aliphatic heterocycles. The third-order valence-corrected chi connectivity index (χ3v) is 2.77. The van der Waals surface area contributed by atoms with Gasteiger partial charge in [0.05, 0.1) is 6.10 Å². The Balaban J connectivity index is 2.50. The molecule has 0 saturated heterocycles. The maximum absolute atomic E-state index is 11.6. The van der Waals surface area contributed by atoms with Crippen molar-refractivity contribution in [1.29, 1.82) is 0 Å². The van der Waals surface area contributed by atoms with E-state index < -0.39 is 18.1 Å². The SMILES string of the molecule is C[C@H](O)[C@H](NC(=O)C1CCCC1)C(=O)O. The van der Waals surface area contributed by atoms with Gasteiger partial charge in [0.25, 0.3) is 0 Å². The zero-order valence-corrected chi connectivity index (χ0v) is 8.77. The van der Waals surface area contributed by atoms with Gasteiger partial charge in [-0.1, -0.05) is 12.8 Å². The highest BCUT2D eigenvalue weighted by molar-refractivity contribution is 5.85. The molecule has 1 aliphatic rings. The number of carbonyl (C=O) groups is 2. The van der Waals surface area contributed by atoms with Gasteiger partial charge >= 0.3 is 5.97 Å². The molecule has 0 unspecified atom stereocenters. The Bertz CT molecular complexity index is 246. The first kappa shape index (κ1) is 12.0. The molecule has 0 bridgehead atoms. The topological polar surface area (TPSA) is 86.6 Å². The van der Waals surface area contributed by atoms with E-state index in [9.17, 15) is 14.7 Å². The molecule has 5 nitrogen and oxygen atoms in total. The summed E-state index contributed by atoms with van der Waals surface area (Å²) in [4.78, 5) is 22.3. The van der Waals surface area contributed by atoms with E-state index in [1.54, 1.807) is 0 Å². The molecule has 1 rings (SSSR count). The number of carbonyl (C=O) groups excluding carboxylic acids is 1. The summed E-state index contributed by atoms with van der Waals surface area (Å²) in [7, 11) is 0. The molecule has 1 amide bonds. The van der Waals surface area contributed by atoms with Crippen LogP contribution in [0.2, 0.25) is 0 Å². The van der Waals surface area contributed by atoms with Crippen molar-refractivity contribution in [1.82, 2.24) is 5.32 Å². The lowest BCUT2D eigenvalue weighted by Gasteiger charge is -2.19. The summed E-state index contributed by atoms with van der Waals surface area (Å²) in [5, 5.41) is 20.3. The van der Waals surface area contributed by atoms with E-state index >= 15 is 0 Å². The molecule has 2 atom stereocenters. The molecule has 0 aromatic rings. The van der Waals surface area contributed by atoms with Crippen LogP contribution in [0.3, 0.4) is 0 Å². The Morgan fingerprint density at radius 3 is 2.27 bits per heavy atom. The van der Waals surface area contributed by atoms with Gasteiger partial charge in [0.1, 0.15) is 0 Å². The summed E-state index contributed by atoms with van der Waals surface area (Å²) >= 11 is 0. The molecule has 0 radical (unpaired) electrons. The van der Waals surface area contributed by atoms with Crippen LogP contribution in [0.4, 0.5) is 0 Å². The van der Waals surface area contributed by atoms with Crippen molar-refractivity contribution in [2.24, 2.45) is 5.92 Å². The molecule has 3 N–H and O–H groups in total. The number of aliphatic hydroxyl groups excluding tert-OH is 1. The van der Waals surface area contributed by atoms with Crippen molar-refractivity contribution < 1.29 is 19.8 Å².